The average Bonchev–Trinajstić information content (AvgIpc) is 2.93. The number of methoxy groups -OCH3 is 1. The molecule has 0 aliphatic heterocycles. The van der Waals surface area contributed by atoms with Crippen LogP contribution in [0.1, 0.15) is 31.4 Å². The van der Waals surface area contributed by atoms with Crippen molar-refractivity contribution in [2.75, 3.05) is 13.7 Å². The maximum Gasteiger partial charge on any atom is 0.262 e. The molecule has 2 amide bonds. The SMILES string of the molecule is CCCOc1c(Br)cc(/C=N\NC(=O)[C@H](Cc2ccccc2)NC(=O)[C@H](C)Oc2ccc(Cl)cc2Cl)cc1OC. The Morgan fingerprint density at radius 3 is 2.48 bits per heavy atom. The smallest absolute Gasteiger partial charge is 0.262 e. The predicted molar refractivity (Wildman–Crippen MR) is 161 cm³/mol. The lowest BCUT2D eigenvalue weighted by Crippen LogP contribution is -2.50. The third kappa shape index (κ3) is 9.15. The van der Waals surface area contributed by atoms with E-state index in [4.69, 9.17) is 37.4 Å². The Morgan fingerprint density at radius 1 is 1.05 bits per heavy atom. The Labute approximate surface area is 252 Å². The summed E-state index contributed by atoms with van der Waals surface area (Å²) in [5, 5.41) is 7.57. The number of carbonyl (C=O) groups excluding carboxylic acids is 2. The van der Waals surface area contributed by atoms with Gasteiger partial charge in [-0.05, 0) is 70.7 Å². The van der Waals surface area contributed by atoms with Gasteiger partial charge in [0.1, 0.15) is 11.8 Å². The van der Waals surface area contributed by atoms with E-state index in [-0.39, 0.29) is 11.4 Å². The number of carbonyl (C=O) groups is 2. The van der Waals surface area contributed by atoms with Crippen molar-refractivity contribution in [3.63, 3.8) is 0 Å². The lowest BCUT2D eigenvalue weighted by molar-refractivity contribution is -0.132. The molecular formula is C29H30BrCl2N3O5. The predicted octanol–water partition coefficient (Wildman–Crippen LogP) is 6.20. The number of hydrazone groups is 1. The Kier molecular flexibility index (Phi) is 12.1. The summed E-state index contributed by atoms with van der Waals surface area (Å²) in [5.41, 5.74) is 4.04. The van der Waals surface area contributed by atoms with Crippen molar-refractivity contribution < 1.29 is 23.8 Å². The molecular weight excluding hydrogens is 621 g/mol. The van der Waals surface area contributed by atoms with Crippen LogP contribution in [-0.4, -0.2) is 43.9 Å². The van der Waals surface area contributed by atoms with Gasteiger partial charge in [-0.3, -0.25) is 9.59 Å². The fourth-order valence-corrected chi connectivity index (χ4v) is 4.60. The molecule has 0 heterocycles. The van der Waals surface area contributed by atoms with Crippen LogP contribution in [0.15, 0.2) is 70.2 Å². The third-order valence-electron chi connectivity index (χ3n) is 5.57. The van der Waals surface area contributed by atoms with Gasteiger partial charge in [0.15, 0.2) is 17.6 Å². The molecule has 0 fully saturated rings. The van der Waals surface area contributed by atoms with E-state index in [9.17, 15) is 9.59 Å². The first-order valence-corrected chi connectivity index (χ1v) is 14.1. The Hall–Kier alpha value is -3.27. The Morgan fingerprint density at radius 2 is 1.80 bits per heavy atom. The molecule has 0 aliphatic rings. The lowest BCUT2D eigenvalue weighted by atomic mass is 10.1. The maximum atomic E-state index is 13.1. The zero-order valence-corrected chi connectivity index (χ0v) is 25.3. The van der Waals surface area contributed by atoms with Crippen molar-refractivity contribution in [2.45, 2.75) is 38.8 Å². The van der Waals surface area contributed by atoms with Crippen molar-refractivity contribution >= 4 is 57.2 Å². The first-order chi connectivity index (χ1) is 19.2. The summed E-state index contributed by atoms with van der Waals surface area (Å²) in [5.74, 6) is 0.420. The number of rotatable bonds is 13. The fourth-order valence-electron chi connectivity index (χ4n) is 3.57. The summed E-state index contributed by atoms with van der Waals surface area (Å²) in [7, 11) is 1.55. The average molecular weight is 651 g/mol. The van der Waals surface area contributed by atoms with Gasteiger partial charge in [0.2, 0.25) is 0 Å². The molecule has 3 rings (SSSR count). The molecule has 0 aromatic heterocycles. The highest BCUT2D eigenvalue weighted by atomic mass is 79.9. The highest BCUT2D eigenvalue weighted by Gasteiger charge is 2.25. The van der Waals surface area contributed by atoms with E-state index in [1.807, 2.05) is 37.3 Å². The molecule has 8 nitrogen and oxygen atoms in total. The van der Waals surface area contributed by atoms with Crippen molar-refractivity contribution in [1.29, 1.82) is 0 Å². The summed E-state index contributed by atoms with van der Waals surface area (Å²) < 4.78 is 17.6. The van der Waals surface area contributed by atoms with Crippen LogP contribution in [-0.2, 0) is 16.0 Å². The van der Waals surface area contributed by atoms with Gasteiger partial charge in [-0.15, -0.1) is 0 Å². The number of nitrogens with one attached hydrogen (secondary N) is 2. The molecule has 3 aromatic carbocycles. The second kappa shape index (κ2) is 15.5. The van der Waals surface area contributed by atoms with E-state index < -0.39 is 24.0 Å². The molecule has 0 saturated carbocycles. The van der Waals surface area contributed by atoms with Gasteiger partial charge >= 0.3 is 0 Å². The lowest BCUT2D eigenvalue weighted by Gasteiger charge is -2.21. The molecule has 0 unspecified atom stereocenters. The van der Waals surface area contributed by atoms with Gasteiger partial charge in [-0.25, -0.2) is 5.43 Å². The second-order valence-electron chi connectivity index (χ2n) is 8.70. The Balaban J connectivity index is 1.71. The zero-order valence-electron chi connectivity index (χ0n) is 22.2. The van der Waals surface area contributed by atoms with Crippen molar-refractivity contribution in [1.82, 2.24) is 10.7 Å². The van der Waals surface area contributed by atoms with Crippen LogP contribution in [0.4, 0.5) is 0 Å². The van der Waals surface area contributed by atoms with Crippen LogP contribution < -0.4 is 25.0 Å². The molecule has 212 valence electrons. The molecule has 2 atom stereocenters. The topological polar surface area (TPSA) is 98.2 Å². The van der Waals surface area contributed by atoms with Crippen molar-refractivity contribution in [3.05, 3.63) is 86.3 Å². The monoisotopic (exact) mass is 649 g/mol. The summed E-state index contributed by atoms with van der Waals surface area (Å²) >= 11 is 15.6. The molecule has 0 radical (unpaired) electrons. The van der Waals surface area contributed by atoms with Crippen molar-refractivity contribution in [3.8, 4) is 17.2 Å². The highest BCUT2D eigenvalue weighted by molar-refractivity contribution is 9.10. The van der Waals surface area contributed by atoms with E-state index in [2.05, 4.69) is 31.8 Å². The first kappa shape index (κ1) is 31.3. The minimum absolute atomic E-state index is 0.241. The van der Waals surface area contributed by atoms with E-state index in [1.165, 1.54) is 12.3 Å². The number of hydrogen-bond acceptors (Lipinski definition) is 6. The molecule has 0 bridgehead atoms. The number of amides is 2. The van der Waals surface area contributed by atoms with Gasteiger partial charge < -0.3 is 19.5 Å². The number of nitrogens with zero attached hydrogens (tertiary/aromatic N) is 1. The third-order valence-corrected chi connectivity index (χ3v) is 6.69. The zero-order chi connectivity index (χ0) is 29.1. The molecule has 0 spiro atoms. The van der Waals surface area contributed by atoms with E-state index in [1.54, 1.807) is 38.3 Å². The van der Waals surface area contributed by atoms with Gasteiger partial charge in [-0.1, -0.05) is 60.5 Å². The minimum atomic E-state index is -0.938. The molecule has 11 heteroatoms. The minimum Gasteiger partial charge on any atom is -0.493 e. The fraction of sp³-hybridized carbons (Fsp3) is 0.276. The number of ether oxygens (including phenoxy) is 3. The van der Waals surface area contributed by atoms with Gasteiger partial charge in [-0.2, -0.15) is 5.10 Å². The number of benzene rings is 3. The molecule has 0 aliphatic carbocycles. The van der Waals surface area contributed by atoms with Gasteiger partial charge in [0.05, 0.1) is 29.4 Å². The largest absolute Gasteiger partial charge is 0.493 e. The number of hydrogen-bond donors (Lipinski definition) is 2. The molecule has 40 heavy (non-hydrogen) atoms. The van der Waals surface area contributed by atoms with Crippen LogP contribution in [0.25, 0.3) is 0 Å². The van der Waals surface area contributed by atoms with E-state index in [0.717, 1.165) is 12.0 Å². The number of halogens is 3. The van der Waals surface area contributed by atoms with E-state index >= 15 is 0 Å². The van der Waals surface area contributed by atoms with Crippen LogP contribution in [0, 0.1) is 0 Å². The maximum absolute atomic E-state index is 13.1. The van der Waals surface area contributed by atoms with Gasteiger partial charge in [0.25, 0.3) is 11.8 Å². The summed E-state index contributed by atoms with van der Waals surface area (Å²) in [6.45, 7) is 4.12. The summed E-state index contributed by atoms with van der Waals surface area (Å²) in [4.78, 5) is 26.1. The van der Waals surface area contributed by atoms with Crippen LogP contribution >= 0.6 is 39.1 Å². The van der Waals surface area contributed by atoms with Crippen LogP contribution in [0.2, 0.25) is 10.0 Å². The highest BCUT2D eigenvalue weighted by Crippen LogP contribution is 2.36. The standard InChI is InChI=1S/C29H30BrCl2N3O5/c1-4-12-39-27-22(30)13-20(15-26(27)38-3)17-33-35-29(37)24(14-19-8-6-5-7-9-19)34-28(36)18(2)40-25-11-10-21(31)16-23(25)32/h5-11,13,15-18,24H,4,12,14H2,1-3H3,(H,34,36)(H,35,37)/b33-17-/t18-,24-/m0/s1. The second-order valence-corrected chi connectivity index (χ2v) is 10.4. The van der Waals surface area contributed by atoms with Crippen LogP contribution in [0.3, 0.4) is 0 Å². The van der Waals surface area contributed by atoms with E-state index in [0.29, 0.717) is 38.9 Å². The molecule has 0 saturated heterocycles. The normalized spacial score (nSPS) is 12.4. The summed E-state index contributed by atoms with van der Waals surface area (Å²) in [6, 6.07) is 16.7. The first-order valence-electron chi connectivity index (χ1n) is 12.5. The molecule has 3 aromatic rings. The quantitative estimate of drug-likeness (QED) is 0.170. The van der Waals surface area contributed by atoms with Crippen molar-refractivity contribution in [2.24, 2.45) is 5.10 Å². The summed E-state index contributed by atoms with van der Waals surface area (Å²) in [6.07, 6.45) is 1.63. The van der Waals surface area contributed by atoms with Crippen LogP contribution in [0.5, 0.6) is 17.2 Å². The Bertz CT molecular complexity index is 1340. The molecule has 2 N–H and O–H groups in total. The van der Waals surface area contributed by atoms with Gasteiger partial charge in [0, 0.05) is 11.4 Å².